The molecular formula is C10H16N2O. The number of fused-ring (bicyclic) bond motifs is 1. The monoisotopic (exact) mass is 180 g/mol. The predicted octanol–water partition coefficient (Wildman–Crippen LogP) is 2.30. The number of hydrogen-bond donors (Lipinski definition) is 1. The first kappa shape index (κ1) is 8.60. The van der Waals surface area contributed by atoms with E-state index in [1.165, 1.54) is 5.56 Å². The SMILES string of the molecule is CC(C)(C)C1CNc2nocc2C1. The number of nitrogens with one attached hydrogen (secondary N) is 1. The molecule has 0 radical (unpaired) electrons. The van der Waals surface area contributed by atoms with E-state index in [4.69, 9.17) is 4.52 Å². The number of nitrogens with zero attached hydrogens (tertiary/aromatic N) is 1. The second-order valence-electron chi connectivity index (χ2n) is 4.84. The van der Waals surface area contributed by atoms with Crippen molar-refractivity contribution in [1.29, 1.82) is 0 Å². The van der Waals surface area contributed by atoms with Gasteiger partial charge >= 0.3 is 0 Å². The van der Waals surface area contributed by atoms with Crippen LogP contribution in [0.4, 0.5) is 5.82 Å². The van der Waals surface area contributed by atoms with E-state index in [1.807, 2.05) is 0 Å². The Kier molecular flexibility index (Phi) is 1.82. The minimum Gasteiger partial charge on any atom is -0.367 e. The first-order chi connectivity index (χ1) is 6.07. The summed E-state index contributed by atoms with van der Waals surface area (Å²) in [4.78, 5) is 0. The normalized spacial score (nSPS) is 22.2. The van der Waals surface area contributed by atoms with Crippen LogP contribution in [0, 0.1) is 11.3 Å². The zero-order chi connectivity index (χ0) is 9.47. The van der Waals surface area contributed by atoms with Crippen molar-refractivity contribution < 1.29 is 4.52 Å². The summed E-state index contributed by atoms with van der Waals surface area (Å²) < 4.78 is 4.92. The Morgan fingerprint density at radius 2 is 2.31 bits per heavy atom. The Labute approximate surface area is 78.5 Å². The summed E-state index contributed by atoms with van der Waals surface area (Å²) in [6.45, 7) is 7.83. The minimum atomic E-state index is 0.349. The molecule has 1 aliphatic heterocycles. The molecule has 1 aromatic rings. The third-order valence-corrected chi connectivity index (χ3v) is 2.85. The lowest BCUT2D eigenvalue weighted by Gasteiger charge is -2.33. The van der Waals surface area contributed by atoms with Gasteiger partial charge in [0.2, 0.25) is 0 Å². The zero-order valence-corrected chi connectivity index (χ0v) is 8.42. The van der Waals surface area contributed by atoms with E-state index in [9.17, 15) is 0 Å². The molecule has 1 unspecified atom stereocenters. The quantitative estimate of drug-likeness (QED) is 0.665. The summed E-state index contributed by atoms with van der Waals surface area (Å²) in [5.41, 5.74) is 1.56. The molecule has 1 atom stereocenters. The van der Waals surface area contributed by atoms with Crippen LogP contribution >= 0.6 is 0 Å². The summed E-state index contributed by atoms with van der Waals surface area (Å²) in [6.07, 6.45) is 2.83. The van der Waals surface area contributed by atoms with E-state index in [-0.39, 0.29) is 0 Å². The molecule has 2 heterocycles. The first-order valence-corrected chi connectivity index (χ1v) is 4.74. The topological polar surface area (TPSA) is 38.1 Å². The van der Waals surface area contributed by atoms with E-state index < -0.39 is 0 Å². The van der Waals surface area contributed by atoms with Crippen molar-refractivity contribution in [3.8, 4) is 0 Å². The van der Waals surface area contributed by atoms with E-state index >= 15 is 0 Å². The van der Waals surface area contributed by atoms with Crippen molar-refractivity contribution >= 4 is 5.82 Å². The standard InChI is InChI=1S/C10H16N2O/c1-10(2,3)8-4-7-6-13-12-9(7)11-5-8/h6,8H,4-5H2,1-3H3,(H,11,12). The van der Waals surface area contributed by atoms with Crippen LogP contribution in [-0.4, -0.2) is 11.7 Å². The van der Waals surface area contributed by atoms with Crippen LogP contribution < -0.4 is 5.32 Å². The van der Waals surface area contributed by atoms with Crippen molar-refractivity contribution in [2.45, 2.75) is 27.2 Å². The molecule has 0 saturated carbocycles. The van der Waals surface area contributed by atoms with E-state index in [2.05, 4.69) is 31.2 Å². The molecule has 3 nitrogen and oxygen atoms in total. The van der Waals surface area contributed by atoms with Crippen molar-refractivity contribution in [3.05, 3.63) is 11.8 Å². The van der Waals surface area contributed by atoms with Crippen LogP contribution in [-0.2, 0) is 6.42 Å². The smallest absolute Gasteiger partial charge is 0.172 e. The molecule has 0 aliphatic carbocycles. The lowest BCUT2D eigenvalue weighted by Crippen LogP contribution is -2.32. The molecular weight excluding hydrogens is 164 g/mol. The molecule has 0 fully saturated rings. The molecule has 0 aromatic carbocycles. The summed E-state index contributed by atoms with van der Waals surface area (Å²) in [7, 11) is 0. The highest BCUT2D eigenvalue weighted by atomic mass is 16.5. The van der Waals surface area contributed by atoms with Crippen LogP contribution in [0.1, 0.15) is 26.3 Å². The number of aromatic nitrogens is 1. The van der Waals surface area contributed by atoms with Gasteiger partial charge in [-0.15, -0.1) is 0 Å². The van der Waals surface area contributed by atoms with Crippen LogP contribution in [0.5, 0.6) is 0 Å². The average Bonchev–Trinajstić information content (AvgIpc) is 2.47. The Bertz CT molecular complexity index is 298. The molecule has 1 aliphatic rings. The highest BCUT2D eigenvalue weighted by molar-refractivity contribution is 5.44. The highest BCUT2D eigenvalue weighted by Gasteiger charge is 2.29. The molecule has 1 aromatic heterocycles. The third kappa shape index (κ3) is 1.55. The fraction of sp³-hybridized carbons (Fsp3) is 0.700. The molecule has 0 spiro atoms. The van der Waals surface area contributed by atoms with E-state index in [0.29, 0.717) is 11.3 Å². The van der Waals surface area contributed by atoms with Gasteiger partial charge < -0.3 is 9.84 Å². The summed E-state index contributed by atoms with van der Waals surface area (Å²) in [5.74, 6) is 1.60. The molecule has 72 valence electrons. The van der Waals surface area contributed by atoms with Gasteiger partial charge in [-0.25, -0.2) is 0 Å². The minimum absolute atomic E-state index is 0.349. The van der Waals surface area contributed by atoms with Gasteiger partial charge in [0.15, 0.2) is 5.82 Å². The average molecular weight is 180 g/mol. The van der Waals surface area contributed by atoms with Crippen LogP contribution in [0.2, 0.25) is 0 Å². The molecule has 0 bridgehead atoms. The van der Waals surface area contributed by atoms with Gasteiger partial charge in [-0.1, -0.05) is 25.9 Å². The van der Waals surface area contributed by atoms with E-state index in [1.54, 1.807) is 6.26 Å². The van der Waals surface area contributed by atoms with Crippen LogP contribution in [0.15, 0.2) is 10.8 Å². The Morgan fingerprint density at radius 1 is 1.54 bits per heavy atom. The third-order valence-electron chi connectivity index (χ3n) is 2.85. The van der Waals surface area contributed by atoms with Gasteiger partial charge in [0, 0.05) is 12.1 Å². The van der Waals surface area contributed by atoms with Crippen LogP contribution in [0.25, 0.3) is 0 Å². The maximum atomic E-state index is 4.92. The number of hydrogen-bond acceptors (Lipinski definition) is 3. The fourth-order valence-electron chi connectivity index (χ4n) is 1.72. The van der Waals surface area contributed by atoms with Gasteiger partial charge in [-0.2, -0.15) is 0 Å². The van der Waals surface area contributed by atoms with Crippen LogP contribution in [0.3, 0.4) is 0 Å². The maximum absolute atomic E-state index is 4.92. The molecule has 2 rings (SSSR count). The number of rotatable bonds is 0. The predicted molar refractivity (Wildman–Crippen MR) is 51.6 cm³/mol. The van der Waals surface area contributed by atoms with Crippen molar-refractivity contribution in [2.75, 3.05) is 11.9 Å². The van der Waals surface area contributed by atoms with E-state index in [0.717, 1.165) is 18.8 Å². The van der Waals surface area contributed by atoms with Gasteiger partial charge in [0.1, 0.15) is 6.26 Å². The van der Waals surface area contributed by atoms with Gasteiger partial charge in [-0.05, 0) is 17.8 Å². The summed E-state index contributed by atoms with van der Waals surface area (Å²) in [6, 6.07) is 0. The molecule has 3 heteroatoms. The molecule has 0 amide bonds. The Balaban J connectivity index is 2.18. The number of anilines is 1. The second kappa shape index (κ2) is 2.76. The van der Waals surface area contributed by atoms with Gasteiger partial charge in [0.25, 0.3) is 0 Å². The lowest BCUT2D eigenvalue weighted by molar-refractivity contribution is 0.247. The first-order valence-electron chi connectivity index (χ1n) is 4.74. The zero-order valence-electron chi connectivity index (χ0n) is 8.42. The molecule has 13 heavy (non-hydrogen) atoms. The van der Waals surface area contributed by atoms with Gasteiger partial charge in [0.05, 0.1) is 0 Å². The molecule has 0 saturated heterocycles. The fourth-order valence-corrected chi connectivity index (χ4v) is 1.72. The molecule has 1 N–H and O–H groups in total. The lowest BCUT2D eigenvalue weighted by atomic mass is 9.76. The van der Waals surface area contributed by atoms with Crippen molar-refractivity contribution in [1.82, 2.24) is 5.16 Å². The summed E-state index contributed by atoms with van der Waals surface area (Å²) >= 11 is 0. The Hall–Kier alpha value is -0.990. The van der Waals surface area contributed by atoms with Crippen molar-refractivity contribution in [3.63, 3.8) is 0 Å². The largest absolute Gasteiger partial charge is 0.367 e. The highest BCUT2D eigenvalue weighted by Crippen LogP contribution is 2.34. The van der Waals surface area contributed by atoms with Crippen molar-refractivity contribution in [2.24, 2.45) is 11.3 Å². The summed E-state index contributed by atoms with van der Waals surface area (Å²) in [5, 5.41) is 7.18. The van der Waals surface area contributed by atoms with Gasteiger partial charge in [-0.3, -0.25) is 0 Å². The maximum Gasteiger partial charge on any atom is 0.172 e. The Morgan fingerprint density at radius 3 is 3.00 bits per heavy atom. The second-order valence-corrected chi connectivity index (χ2v) is 4.84.